The molecule has 3 rings (SSSR count). The molecule has 1 fully saturated rings. The topological polar surface area (TPSA) is 78.8 Å². The number of amides is 1. The highest BCUT2D eigenvalue weighted by molar-refractivity contribution is 7.09. The summed E-state index contributed by atoms with van der Waals surface area (Å²) in [4.78, 5) is 23.8. The number of aliphatic imine (C=N–C) groups is 1. The van der Waals surface area contributed by atoms with Crippen LogP contribution in [-0.4, -0.2) is 68.2 Å². The molecule has 1 amide bonds. The number of carbonyl (C=O) groups excluding carboxylic acids is 1. The zero-order valence-corrected chi connectivity index (χ0v) is 17.9. The van der Waals surface area contributed by atoms with Crippen molar-refractivity contribution in [3.8, 4) is 0 Å². The van der Waals surface area contributed by atoms with Gasteiger partial charge in [0.25, 0.3) is 0 Å². The molecular weight excluding hydrogens is 386 g/mol. The van der Waals surface area contributed by atoms with E-state index in [1.165, 1.54) is 0 Å². The SMILES string of the molecule is CN=C(NCCc1csc(C)n1)NCC(C(=O)N1CCOCC1)c1ccccc1. The number of hydrogen-bond acceptors (Lipinski definition) is 5. The van der Waals surface area contributed by atoms with Crippen molar-refractivity contribution in [1.29, 1.82) is 0 Å². The maximum Gasteiger partial charge on any atom is 0.232 e. The summed E-state index contributed by atoms with van der Waals surface area (Å²) in [5.41, 5.74) is 2.09. The molecule has 1 aliphatic rings. The second kappa shape index (κ2) is 10.9. The van der Waals surface area contributed by atoms with E-state index in [9.17, 15) is 4.79 Å². The molecule has 0 saturated carbocycles. The highest BCUT2D eigenvalue weighted by atomic mass is 32.1. The number of hydrogen-bond donors (Lipinski definition) is 2. The van der Waals surface area contributed by atoms with Gasteiger partial charge in [-0.2, -0.15) is 0 Å². The number of rotatable bonds is 7. The van der Waals surface area contributed by atoms with Gasteiger partial charge in [-0.25, -0.2) is 4.98 Å². The molecule has 1 unspecified atom stereocenters. The van der Waals surface area contributed by atoms with E-state index in [1.54, 1.807) is 18.4 Å². The number of nitrogens with zero attached hydrogens (tertiary/aromatic N) is 3. The average molecular weight is 416 g/mol. The fourth-order valence-corrected chi connectivity index (χ4v) is 3.94. The van der Waals surface area contributed by atoms with Gasteiger partial charge in [0.15, 0.2) is 5.96 Å². The number of nitrogens with one attached hydrogen (secondary N) is 2. The normalized spacial score (nSPS) is 15.8. The lowest BCUT2D eigenvalue weighted by Gasteiger charge is -2.31. The monoisotopic (exact) mass is 415 g/mol. The zero-order valence-electron chi connectivity index (χ0n) is 17.1. The largest absolute Gasteiger partial charge is 0.378 e. The smallest absolute Gasteiger partial charge is 0.232 e. The summed E-state index contributed by atoms with van der Waals surface area (Å²) in [5.74, 6) is 0.544. The predicted molar refractivity (Wildman–Crippen MR) is 117 cm³/mol. The molecule has 1 atom stereocenters. The third-order valence-corrected chi connectivity index (χ3v) is 5.68. The Morgan fingerprint density at radius 3 is 2.69 bits per heavy atom. The minimum atomic E-state index is -0.269. The van der Waals surface area contributed by atoms with Crippen LogP contribution >= 0.6 is 11.3 Å². The first-order chi connectivity index (χ1) is 14.2. The molecule has 2 N–H and O–H groups in total. The van der Waals surface area contributed by atoms with Crippen LogP contribution in [0.1, 0.15) is 22.2 Å². The lowest BCUT2D eigenvalue weighted by molar-refractivity contribution is -0.136. The Bertz CT molecular complexity index is 802. The number of benzene rings is 1. The zero-order chi connectivity index (χ0) is 20.5. The van der Waals surface area contributed by atoms with E-state index in [2.05, 4.69) is 26.0 Å². The Morgan fingerprint density at radius 2 is 2.03 bits per heavy atom. The number of ether oxygens (including phenoxy) is 1. The quantitative estimate of drug-likeness (QED) is 0.533. The van der Waals surface area contributed by atoms with Gasteiger partial charge in [-0.15, -0.1) is 11.3 Å². The van der Waals surface area contributed by atoms with Crippen LogP contribution in [0.25, 0.3) is 0 Å². The Hall–Kier alpha value is -2.45. The Labute approximate surface area is 176 Å². The maximum atomic E-state index is 13.2. The van der Waals surface area contributed by atoms with E-state index in [4.69, 9.17) is 4.74 Å². The molecule has 0 spiro atoms. The van der Waals surface area contributed by atoms with E-state index in [0.717, 1.165) is 29.2 Å². The molecule has 1 aromatic heterocycles. The predicted octanol–water partition coefficient (Wildman–Crippen LogP) is 1.80. The number of aryl methyl sites for hydroxylation is 1. The van der Waals surface area contributed by atoms with Gasteiger partial charge in [-0.3, -0.25) is 9.79 Å². The first-order valence-corrected chi connectivity index (χ1v) is 10.8. The summed E-state index contributed by atoms with van der Waals surface area (Å²) in [7, 11) is 1.74. The molecule has 8 heteroatoms. The van der Waals surface area contributed by atoms with Gasteiger partial charge in [0.05, 0.1) is 29.8 Å². The lowest BCUT2D eigenvalue weighted by Crippen LogP contribution is -2.47. The molecule has 29 heavy (non-hydrogen) atoms. The van der Waals surface area contributed by atoms with Crippen molar-refractivity contribution in [2.45, 2.75) is 19.3 Å². The average Bonchev–Trinajstić information content (AvgIpc) is 3.18. The van der Waals surface area contributed by atoms with Gasteiger partial charge in [0, 0.05) is 45.0 Å². The van der Waals surface area contributed by atoms with Gasteiger partial charge >= 0.3 is 0 Å². The van der Waals surface area contributed by atoms with Crippen molar-refractivity contribution >= 4 is 23.2 Å². The van der Waals surface area contributed by atoms with Crippen LogP contribution < -0.4 is 10.6 Å². The number of carbonyl (C=O) groups is 1. The highest BCUT2D eigenvalue weighted by Crippen LogP contribution is 2.19. The van der Waals surface area contributed by atoms with Gasteiger partial charge in [-0.05, 0) is 12.5 Å². The van der Waals surface area contributed by atoms with Gasteiger partial charge in [0.1, 0.15) is 0 Å². The van der Waals surface area contributed by atoms with Crippen molar-refractivity contribution in [2.75, 3.05) is 46.4 Å². The first-order valence-electron chi connectivity index (χ1n) is 9.94. The van der Waals surface area contributed by atoms with E-state index in [-0.39, 0.29) is 11.8 Å². The minimum Gasteiger partial charge on any atom is -0.378 e. The molecule has 7 nitrogen and oxygen atoms in total. The van der Waals surface area contributed by atoms with Crippen molar-refractivity contribution in [3.63, 3.8) is 0 Å². The van der Waals surface area contributed by atoms with E-state index in [1.807, 2.05) is 42.2 Å². The first kappa shape index (κ1) is 21.3. The number of morpholine rings is 1. The molecule has 156 valence electrons. The van der Waals surface area contributed by atoms with Crippen LogP contribution in [-0.2, 0) is 16.0 Å². The fraction of sp³-hybridized carbons (Fsp3) is 0.476. The van der Waals surface area contributed by atoms with Crippen LogP contribution in [0, 0.1) is 6.92 Å². The highest BCUT2D eigenvalue weighted by Gasteiger charge is 2.27. The summed E-state index contributed by atoms with van der Waals surface area (Å²) in [6.45, 7) is 5.70. The molecular formula is C21H29N5O2S. The Kier molecular flexibility index (Phi) is 8.01. The van der Waals surface area contributed by atoms with Crippen molar-refractivity contribution in [2.24, 2.45) is 4.99 Å². The van der Waals surface area contributed by atoms with Crippen LogP contribution in [0.3, 0.4) is 0 Å². The minimum absolute atomic E-state index is 0.125. The molecule has 0 radical (unpaired) electrons. The molecule has 0 aliphatic carbocycles. The van der Waals surface area contributed by atoms with Crippen LogP contribution in [0.5, 0.6) is 0 Å². The summed E-state index contributed by atoms with van der Waals surface area (Å²) in [5, 5.41) is 9.79. The summed E-state index contributed by atoms with van der Waals surface area (Å²) < 4.78 is 5.39. The number of guanidine groups is 1. The van der Waals surface area contributed by atoms with Gasteiger partial charge < -0.3 is 20.3 Å². The Balaban J connectivity index is 1.58. The second-order valence-electron chi connectivity index (χ2n) is 6.89. The molecule has 2 heterocycles. The van der Waals surface area contributed by atoms with Crippen LogP contribution in [0.4, 0.5) is 0 Å². The van der Waals surface area contributed by atoms with E-state index >= 15 is 0 Å². The van der Waals surface area contributed by atoms with E-state index in [0.29, 0.717) is 38.8 Å². The van der Waals surface area contributed by atoms with Crippen LogP contribution in [0.15, 0.2) is 40.7 Å². The van der Waals surface area contributed by atoms with Crippen molar-refractivity contribution in [3.05, 3.63) is 52.0 Å². The molecule has 1 saturated heterocycles. The summed E-state index contributed by atoms with van der Waals surface area (Å²) in [6, 6.07) is 9.92. The molecule has 0 bridgehead atoms. The van der Waals surface area contributed by atoms with Gasteiger partial charge in [0.2, 0.25) is 5.91 Å². The second-order valence-corrected chi connectivity index (χ2v) is 7.95. The van der Waals surface area contributed by atoms with Gasteiger partial charge in [-0.1, -0.05) is 30.3 Å². The van der Waals surface area contributed by atoms with Crippen molar-refractivity contribution < 1.29 is 9.53 Å². The molecule has 1 aromatic carbocycles. The standard InChI is InChI=1S/C21H29N5O2S/c1-16-25-18(15-29-16)8-9-23-21(22-2)24-14-19(17-6-4-3-5-7-17)20(27)26-10-12-28-13-11-26/h3-7,15,19H,8-14H2,1-2H3,(H2,22,23,24). The maximum absolute atomic E-state index is 13.2. The lowest BCUT2D eigenvalue weighted by atomic mass is 9.97. The summed E-state index contributed by atoms with van der Waals surface area (Å²) in [6.07, 6.45) is 0.833. The fourth-order valence-electron chi connectivity index (χ4n) is 3.29. The third kappa shape index (κ3) is 6.27. The number of aromatic nitrogens is 1. The van der Waals surface area contributed by atoms with Crippen molar-refractivity contribution in [1.82, 2.24) is 20.5 Å². The molecule has 1 aliphatic heterocycles. The third-order valence-electron chi connectivity index (χ3n) is 4.86. The Morgan fingerprint density at radius 1 is 1.28 bits per heavy atom. The number of thiazole rings is 1. The molecule has 2 aromatic rings. The van der Waals surface area contributed by atoms with Crippen LogP contribution in [0.2, 0.25) is 0 Å². The summed E-state index contributed by atoms with van der Waals surface area (Å²) >= 11 is 1.66. The van der Waals surface area contributed by atoms with E-state index < -0.39 is 0 Å².